The molecule has 1 aromatic heterocycles. The van der Waals surface area contributed by atoms with Crippen LogP contribution < -0.4 is 5.32 Å². The van der Waals surface area contributed by atoms with Crippen molar-refractivity contribution in [2.24, 2.45) is 0 Å². The van der Waals surface area contributed by atoms with Crippen LogP contribution in [0.15, 0.2) is 18.2 Å². The maximum atomic E-state index is 13.2. The van der Waals surface area contributed by atoms with Crippen molar-refractivity contribution in [2.75, 3.05) is 12.4 Å². The van der Waals surface area contributed by atoms with Gasteiger partial charge in [-0.2, -0.15) is 0 Å². The van der Waals surface area contributed by atoms with Gasteiger partial charge in [-0.3, -0.25) is 0 Å². The summed E-state index contributed by atoms with van der Waals surface area (Å²) in [6.45, 7) is 4.00. The van der Waals surface area contributed by atoms with Crippen LogP contribution in [0.4, 0.5) is 10.2 Å². The van der Waals surface area contributed by atoms with Gasteiger partial charge in [0, 0.05) is 23.9 Å². The smallest absolute Gasteiger partial charge is 0.161 e. The molecule has 19 heavy (non-hydrogen) atoms. The van der Waals surface area contributed by atoms with Gasteiger partial charge in [-0.25, -0.2) is 14.4 Å². The Balaban J connectivity index is 2.56. The number of aromatic nitrogens is 2. The lowest BCUT2D eigenvalue weighted by Gasteiger charge is -2.11. The van der Waals surface area contributed by atoms with Crippen molar-refractivity contribution < 1.29 is 4.39 Å². The fourth-order valence-corrected chi connectivity index (χ4v) is 2.17. The van der Waals surface area contributed by atoms with Crippen molar-refractivity contribution in [3.63, 3.8) is 0 Å². The molecule has 0 radical (unpaired) electrons. The summed E-state index contributed by atoms with van der Waals surface area (Å²) < 4.78 is 13.2. The van der Waals surface area contributed by atoms with Crippen LogP contribution in [0.5, 0.6) is 0 Å². The zero-order chi connectivity index (χ0) is 14.0. The molecule has 0 spiro atoms. The summed E-state index contributed by atoms with van der Waals surface area (Å²) in [5.41, 5.74) is 2.70. The molecule has 0 fully saturated rings. The first-order valence-corrected chi connectivity index (χ1v) is 6.45. The van der Waals surface area contributed by atoms with Crippen molar-refractivity contribution in [1.82, 2.24) is 9.97 Å². The molecule has 0 aliphatic rings. The summed E-state index contributed by atoms with van der Waals surface area (Å²) in [4.78, 5) is 8.92. The Morgan fingerprint density at radius 2 is 2.05 bits per heavy atom. The minimum atomic E-state index is -0.443. The number of hydrogen-bond donors (Lipinski definition) is 1. The molecule has 0 bridgehead atoms. The molecule has 1 heterocycles. The molecule has 0 unspecified atom stereocenters. The zero-order valence-corrected chi connectivity index (χ0v) is 11.8. The number of anilines is 1. The van der Waals surface area contributed by atoms with Gasteiger partial charge in [0.25, 0.3) is 0 Å². The van der Waals surface area contributed by atoms with Gasteiger partial charge >= 0.3 is 0 Å². The topological polar surface area (TPSA) is 37.8 Å². The molecular formula is C14H15ClFN3. The predicted molar refractivity (Wildman–Crippen MR) is 76.1 cm³/mol. The van der Waals surface area contributed by atoms with Gasteiger partial charge in [-0.15, -0.1) is 0 Å². The molecule has 1 aromatic carbocycles. The fraction of sp³-hybridized carbons (Fsp3) is 0.286. The molecular weight excluding hydrogens is 265 g/mol. The summed E-state index contributed by atoms with van der Waals surface area (Å²) in [5.74, 6) is 0.896. The second kappa shape index (κ2) is 5.53. The third-order valence-electron chi connectivity index (χ3n) is 2.98. The van der Waals surface area contributed by atoms with Crippen LogP contribution in [0.2, 0.25) is 5.02 Å². The Hall–Kier alpha value is -1.68. The second-order valence-electron chi connectivity index (χ2n) is 4.19. The lowest BCUT2D eigenvalue weighted by molar-refractivity contribution is 0.628. The summed E-state index contributed by atoms with van der Waals surface area (Å²) >= 11 is 5.79. The Morgan fingerprint density at radius 1 is 1.32 bits per heavy atom. The first kappa shape index (κ1) is 13.7. The van der Waals surface area contributed by atoms with Gasteiger partial charge in [-0.05, 0) is 31.5 Å². The molecule has 0 atom stereocenters. The van der Waals surface area contributed by atoms with E-state index < -0.39 is 5.82 Å². The highest BCUT2D eigenvalue weighted by Gasteiger charge is 2.11. The van der Waals surface area contributed by atoms with E-state index in [1.54, 1.807) is 6.07 Å². The van der Waals surface area contributed by atoms with E-state index in [1.807, 2.05) is 14.0 Å². The second-order valence-corrected chi connectivity index (χ2v) is 4.60. The Bertz CT molecular complexity index is 614. The largest absolute Gasteiger partial charge is 0.373 e. The third-order valence-corrected chi connectivity index (χ3v) is 3.27. The molecule has 100 valence electrons. The SMILES string of the molecule is CCc1c(C)nc(-c2ccc(F)c(Cl)c2)nc1NC. The molecule has 2 rings (SSSR count). The minimum Gasteiger partial charge on any atom is -0.373 e. The number of hydrogen-bond acceptors (Lipinski definition) is 3. The first-order chi connectivity index (χ1) is 9.06. The lowest BCUT2D eigenvalue weighted by atomic mass is 10.1. The average molecular weight is 280 g/mol. The van der Waals surface area contributed by atoms with Crippen LogP contribution in [0, 0.1) is 12.7 Å². The molecule has 0 amide bonds. The fourth-order valence-electron chi connectivity index (χ4n) is 1.99. The number of nitrogens with one attached hydrogen (secondary N) is 1. The highest BCUT2D eigenvalue weighted by atomic mass is 35.5. The van der Waals surface area contributed by atoms with Crippen LogP contribution >= 0.6 is 11.6 Å². The van der Waals surface area contributed by atoms with Crippen LogP contribution in [-0.4, -0.2) is 17.0 Å². The summed E-state index contributed by atoms with van der Waals surface area (Å²) in [6, 6.07) is 4.49. The Morgan fingerprint density at radius 3 is 2.63 bits per heavy atom. The third kappa shape index (κ3) is 2.68. The summed E-state index contributed by atoms with van der Waals surface area (Å²) in [5, 5.41) is 3.14. The Labute approximate surface area is 116 Å². The Kier molecular flexibility index (Phi) is 4.00. The number of nitrogens with zero attached hydrogens (tertiary/aromatic N) is 2. The maximum Gasteiger partial charge on any atom is 0.161 e. The van der Waals surface area contributed by atoms with E-state index in [0.29, 0.717) is 11.4 Å². The monoisotopic (exact) mass is 279 g/mol. The number of rotatable bonds is 3. The van der Waals surface area contributed by atoms with Gasteiger partial charge in [0.05, 0.1) is 5.02 Å². The molecule has 0 saturated carbocycles. The zero-order valence-electron chi connectivity index (χ0n) is 11.1. The molecule has 2 aromatic rings. The number of halogens is 2. The maximum absolute atomic E-state index is 13.2. The van der Waals surface area contributed by atoms with Gasteiger partial charge in [0.1, 0.15) is 11.6 Å². The molecule has 0 aliphatic heterocycles. The van der Waals surface area contributed by atoms with E-state index in [4.69, 9.17) is 11.6 Å². The van der Waals surface area contributed by atoms with Crippen LogP contribution in [0.1, 0.15) is 18.2 Å². The van der Waals surface area contributed by atoms with Gasteiger partial charge in [-0.1, -0.05) is 18.5 Å². The summed E-state index contributed by atoms with van der Waals surface area (Å²) in [6.07, 6.45) is 0.854. The molecule has 0 aliphatic carbocycles. The molecule has 0 saturated heterocycles. The van der Waals surface area contributed by atoms with E-state index in [9.17, 15) is 4.39 Å². The van der Waals surface area contributed by atoms with E-state index >= 15 is 0 Å². The van der Waals surface area contributed by atoms with Crippen molar-refractivity contribution in [2.45, 2.75) is 20.3 Å². The molecule has 1 N–H and O–H groups in total. The van der Waals surface area contributed by atoms with E-state index in [1.165, 1.54) is 12.1 Å². The highest BCUT2D eigenvalue weighted by Crippen LogP contribution is 2.25. The highest BCUT2D eigenvalue weighted by molar-refractivity contribution is 6.31. The minimum absolute atomic E-state index is 0.0735. The van der Waals surface area contributed by atoms with E-state index in [0.717, 1.165) is 23.5 Å². The van der Waals surface area contributed by atoms with Crippen LogP contribution in [0.3, 0.4) is 0 Å². The van der Waals surface area contributed by atoms with Gasteiger partial charge < -0.3 is 5.32 Å². The van der Waals surface area contributed by atoms with Crippen molar-refractivity contribution in [1.29, 1.82) is 0 Å². The summed E-state index contributed by atoms with van der Waals surface area (Å²) in [7, 11) is 1.82. The van der Waals surface area contributed by atoms with Gasteiger partial charge in [0.2, 0.25) is 0 Å². The molecule has 5 heteroatoms. The van der Waals surface area contributed by atoms with Crippen LogP contribution in [-0.2, 0) is 6.42 Å². The molecule has 3 nitrogen and oxygen atoms in total. The normalized spacial score (nSPS) is 10.6. The van der Waals surface area contributed by atoms with E-state index in [-0.39, 0.29) is 5.02 Å². The predicted octanol–water partition coefficient (Wildman–Crippen LogP) is 3.85. The van der Waals surface area contributed by atoms with Gasteiger partial charge in [0.15, 0.2) is 5.82 Å². The number of aryl methyl sites for hydroxylation is 1. The average Bonchev–Trinajstić information content (AvgIpc) is 2.40. The van der Waals surface area contributed by atoms with E-state index in [2.05, 4.69) is 22.2 Å². The van der Waals surface area contributed by atoms with Crippen LogP contribution in [0.25, 0.3) is 11.4 Å². The lowest BCUT2D eigenvalue weighted by Crippen LogP contribution is -2.05. The first-order valence-electron chi connectivity index (χ1n) is 6.07. The number of benzene rings is 1. The van der Waals surface area contributed by atoms with Crippen molar-refractivity contribution in [3.8, 4) is 11.4 Å². The standard InChI is InChI=1S/C14H15ClFN3/c1-4-10-8(2)18-13(19-14(10)17-3)9-5-6-12(16)11(15)7-9/h5-7H,4H2,1-3H3,(H,17,18,19). The van der Waals surface area contributed by atoms with Crippen molar-refractivity contribution >= 4 is 17.4 Å². The quantitative estimate of drug-likeness (QED) is 0.927. The van der Waals surface area contributed by atoms with Crippen molar-refractivity contribution in [3.05, 3.63) is 40.3 Å².